The summed E-state index contributed by atoms with van der Waals surface area (Å²) in [4.78, 5) is 2.76. The molecule has 2 N–H and O–H groups in total. The van der Waals surface area contributed by atoms with Gasteiger partial charge in [-0.25, -0.2) is 0 Å². The molecule has 19 heavy (non-hydrogen) atoms. The number of likely N-dealkylation sites (tertiary alicyclic amines) is 1. The Morgan fingerprint density at radius 2 is 1.79 bits per heavy atom. The van der Waals surface area contributed by atoms with Crippen LogP contribution < -0.4 is 5.73 Å². The third-order valence-electron chi connectivity index (χ3n) is 6.01. The normalized spacial score (nSPS) is 41.4. The van der Waals surface area contributed by atoms with Crippen LogP contribution in [0.4, 0.5) is 0 Å². The minimum atomic E-state index is 0.335. The lowest BCUT2D eigenvalue weighted by Gasteiger charge is -2.41. The molecule has 0 radical (unpaired) electrons. The monoisotopic (exact) mass is 266 g/mol. The van der Waals surface area contributed by atoms with Crippen LogP contribution in [-0.4, -0.2) is 30.1 Å². The highest BCUT2D eigenvalue weighted by Crippen LogP contribution is 2.39. The van der Waals surface area contributed by atoms with Crippen molar-refractivity contribution in [2.45, 2.75) is 71.3 Å². The summed E-state index contributed by atoms with van der Waals surface area (Å²) in [5.41, 5.74) is 6.59. The minimum absolute atomic E-state index is 0.335. The molecule has 2 nitrogen and oxygen atoms in total. The first-order valence-corrected chi connectivity index (χ1v) is 8.56. The van der Waals surface area contributed by atoms with Crippen molar-refractivity contribution in [2.24, 2.45) is 23.5 Å². The lowest BCUT2D eigenvalue weighted by Crippen LogP contribution is -2.52. The molecule has 4 atom stereocenters. The van der Waals surface area contributed by atoms with Crippen LogP contribution in [0, 0.1) is 17.8 Å². The van der Waals surface area contributed by atoms with E-state index in [-0.39, 0.29) is 0 Å². The summed E-state index contributed by atoms with van der Waals surface area (Å²) in [7, 11) is 0. The van der Waals surface area contributed by atoms with Crippen molar-refractivity contribution >= 4 is 0 Å². The van der Waals surface area contributed by atoms with Gasteiger partial charge in [-0.1, -0.05) is 46.5 Å². The van der Waals surface area contributed by atoms with Gasteiger partial charge in [-0.05, 0) is 37.0 Å². The summed E-state index contributed by atoms with van der Waals surface area (Å²) in [6, 6.07) is 0. The Morgan fingerprint density at radius 1 is 1.11 bits per heavy atom. The van der Waals surface area contributed by atoms with Gasteiger partial charge in [0.2, 0.25) is 0 Å². The Bertz CT molecular complexity index is 268. The van der Waals surface area contributed by atoms with Crippen LogP contribution in [0.3, 0.4) is 0 Å². The number of hydrogen-bond acceptors (Lipinski definition) is 2. The Morgan fingerprint density at radius 3 is 2.37 bits per heavy atom. The maximum absolute atomic E-state index is 6.26. The third-order valence-corrected chi connectivity index (χ3v) is 6.01. The van der Waals surface area contributed by atoms with Crippen LogP contribution in [-0.2, 0) is 0 Å². The lowest BCUT2D eigenvalue weighted by molar-refractivity contribution is 0.0979. The lowest BCUT2D eigenvalue weighted by atomic mass is 9.87. The molecule has 0 spiro atoms. The summed E-state index contributed by atoms with van der Waals surface area (Å²) in [6.45, 7) is 10.6. The second-order valence-corrected chi connectivity index (χ2v) is 7.37. The zero-order valence-electron chi connectivity index (χ0n) is 13.3. The topological polar surface area (TPSA) is 29.3 Å². The zero-order valence-corrected chi connectivity index (χ0v) is 13.3. The molecule has 1 aliphatic heterocycles. The molecule has 0 aromatic rings. The number of nitrogens with two attached hydrogens (primary N) is 1. The Kier molecular flexibility index (Phi) is 5.30. The summed E-state index contributed by atoms with van der Waals surface area (Å²) < 4.78 is 0. The highest BCUT2D eigenvalue weighted by molar-refractivity contribution is 4.98. The molecule has 0 aromatic heterocycles. The minimum Gasteiger partial charge on any atom is -0.329 e. The van der Waals surface area contributed by atoms with Crippen molar-refractivity contribution in [3.05, 3.63) is 0 Å². The van der Waals surface area contributed by atoms with E-state index in [1.54, 1.807) is 0 Å². The molecule has 2 aliphatic rings. The van der Waals surface area contributed by atoms with Crippen molar-refractivity contribution in [3.8, 4) is 0 Å². The zero-order chi connectivity index (χ0) is 13.9. The van der Waals surface area contributed by atoms with Gasteiger partial charge in [-0.2, -0.15) is 0 Å². The van der Waals surface area contributed by atoms with E-state index < -0.39 is 0 Å². The quantitative estimate of drug-likeness (QED) is 0.787. The molecule has 1 aliphatic carbocycles. The van der Waals surface area contributed by atoms with Crippen molar-refractivity contribution < 1.29 is 0 Å². The molecule has 2 fully saturated rings. The molecule has 0 amide bonds. The first kappa shape index (κ1) is 15.3. The predicted molar refractivity (Wildman–Crippen MR) is 83.2 cm³/mol. The highest BCUT2D eigenvalue weighted by atomic mass is 15.2. The van der Waals surface area contributed by atoms with Crippen LogP contribution in [0.25, 0.3) is 0 Å². The van der Waals surface area contributed by atoms with E-state index in [0.717, 1.165) is 24.3 Å². The van der Waals surface area contributed by atoms with Crippen LogP contribution in [0.5, 0.6) is 0 Å². The van der Waals surface area contributed by atoms with Gasteiger partial charge in [-0.15, -0.1) is 0 Å². The number of hydrogen-bond donors (Lipinski definition) is 1. The molecular formula is C17H34N2. The molecular weight excluding hydrogens is 232 g/mol. The largest absolute Gasteiger partial charge is 0.329 e. The van der Waals surface area contributed by atoms with E-state index in [9.17, 15) is 0 Å². The molecule has 4 unspecified atom stereocenters. The molecule has 1 heterocycles. The summed E-state index contributed by atoms with van der Waals surface area (Å²) >= 11 is 0. The van der Waals surface area contributed by atoms with Gasteiger partial charge in [0.15, 0.2) is 0 Å². The maximum Gasteiger partial charge on any atom is 0.0332 e. The standard InChI is InChI=1S/C17H34N2/c1-4-6-16-7-5-9-17(13-18,10-8-16)19-11-14(2)15(3)12-19/h14-16H,4-13,18H2,1-3H3. The first-order valence-electron chi connectivity index (χ1n) is 8.56. The second kappa shape index (κ2) is 6.58. The summed E-state index contributed by atoms with van der Waals surface area (Å²) in [6.07, 6.45) is 9.68. The summed E-state index contributed by atoms with van der Waals surface area (Å²) in [5, 5.41) is 0. The van der Waals surface area contributed by atoms with Crippen molar-refractivity contribution in [2.75, 3.05) is 19.6 Å². The van der Waals surface area contributed by atoms with Crippen molar-refractivity contribution in [3.63, 3.8) is 0 Å². The number of rotatable bonds is 4. The predicted octanol–water partition coefficient (Wildman–Crippen LogP) is 3.65. The smallest absolute Gasteiger partial charge is 0.0332 e. The van der Waals surface area contributed by atoms with Gasteiger partial charge in [-0.3, -0.25) is 4.90 Å². The van der Waals surface area contributed by atoms with E-state index >= 15 is 0 Å². The molecule has 1 saturated heterocycles. The molecule has 2 heteroatoms. The van der Waals surface area contributed by atoms with Crippen LogP contribution in [0.2, 0.25) is 0 Å². The van der Waals surface area contributed by atoms with E-state index in [2.05, 4.69) is 25.7 Å². The molecule has 0 bridgehead atoms. The second-order valence-electron chi connectivity index (χ2n) is 7.37. The van der Waals surface area contributed by atoms with E-state index in [0.29, 0.717) is 5.54 Å². The SMILES string of the molecule is CCCC1CCCC(CN)(N2CC(C)C(C)C2)CC1. The van der Waals surface area contributed by atoms with Crippen LogP contribution >= 0.6 is 0 Å². The van der Waals surface area contributed by atoms with Crippen LogP contribution in [0.1, 0.15) is 65.7 Å². The fourth-order valence-corrected chi connectivity index (χ4v) is 4.33. The van der Waals surface area contributed by atoms with E-state index in [4.69, 9.17) is 5.73 Å². The molecule has 2 rings (SSSR count). The fraction of sp³-hybridized carbons (Fsp3) is 1.00. The Balaban J connectivity index is 2.02. The van der Waals surface area contributed by atoms with Crippen molar-refractivity contribution in [1.82, 2.24) is 4.90 Å². The average molecular weight is 266 g/mol. The van der Waals surface area contributed by atoms with E-state index in [1.807, 2.05) is 0 Å². The Labute approximate surface area is 120 Å². The molecule has 1 saturated carbocycles. The summed E-state index contributed by atoms with van der Waals surface area (Å²) in [5.74, 6) is 2.66. The van der Waals surface area contributed by atoms with Gasteiger partial charge >= 0.3 is 0 Å². The van der Waals surface area contributed by atoms with Gasteiger partial charge in [0.05, 0.1) is 0 Å². The fourth-order valence-electron chi connectivity index (χ4n) is 4.33. The molecule has 112 valence electrons. The average Bonchev–Trinajstić information content (AvgIpc) is 2.64. The molecule has 0 aromatic carbocycles. The first-order chi connectivity index (χ1) is 9.11. The van der Waals surface area contributed by atoms with E-state index in [1.165, 1.54) is 58.0 Å². The third kappa shape index (κ3) is 3.33. The maximum atomic E-state index is 6.26. The Hall–Kier alpha value is -0.0800. The van der Waals surface area contributed by atoms with Gasteiger partial charge in [0.25, 0.3) is 0 Å². The van der Waals surface area contributed by atoms with Crippen LogP contribution in [0.15, 0.2) is 0 Å². The van der Waals surface area contributed by atoms with Gasteiger partial charge in [0.1, 0.15) is 0 Å². The number of nitrogens with zero attached hydrogens (tertiary/aromatic N) is 1. The van der Waals surface area contributed by atoms with Gasteiger partial charge in [0, 0.05) is 25.2 Å². The van der Waals surface area contributed by atoms with Crippen molar-refractivity contribution in [1.29, 1.82) is 0 Å². The highest BCUT2D eigenvalue weighted by Gasteiger charge is 2.41. The van der Waals surface area contributed by atoms with Gasteiger partial charge < -0.3 is 5.73 Å².